The number of hydrogen-bond acceptors (Lipinski definition) is 5. The Balaban J connectivity index is 1.60. The lowest BCUT2D eigenvalue weighted by molar-refractivity contribution is -0.140. The lowest BCUT2D eigenvalue weighted by Crippen LogP contribution is -2.29. The number of aryl methyl sites for hydroxylation is 1. The molecule has 0 spiro atoms. The number of carbonyl (C=O) groups is 2. The summed E-state index contributed by atoms with van der Waals surface area (Å²) in [5, 5.41) is 11.2. The van der Waals surface area contributed by atoms with E-state index < -0.39 is 23.5 Å². The molecule has 168 valence electrons. The fraction of sp³-hybridized carbons (Fsp3) is 0.231. The molecule has 2 aliphatic heterocycles. The number of likely N-dealkylation sites (tertiary alicyclic amines) is 1. The van der Waals surface area contributed by atoms with Crippen molar-refractivity contribution in [2.45, 2.75) is 39.0 Å². The standard InChI is InChI=1S/C26H22FNO5/c1-14-3-9-21(32-14)23-22(24(29)17-6-10-20-18(12-17)11-15(2)33-20)25(30)26(31)28(23)13-16-4-7-19(27)8-5-16/h3-10,12,15,23,29H,11,13H2,1-2H3/b24-22-. The third-order valence-corrected chi connectivity index (χ3v) is 6.01. The van der Waals surface area contributed by atoms with Gasteiger partial charge in [0.1, 0.15) is 41.0 Å². The number of aliphatic hydroxyl groups is 1. The van der Waals surface area contributed by atoms with E-state index in [2.05, 4.69) is 0 Å². The topological polar surface area (TPSA) is 80.0 Å². The van der Waals surface area contributed by atoms with Crippen molar-refractivity contribution in [3.05, 3.63) is 94.2 Å². The summed E-state index contributed by atoms with van der Waals surface area (Å²) in [6.45, 7) is 3.78. The highest BCUT2D eigenvalue weighted by atomic mass is 19.1. The average Bonchev–Trinajstić information content (AvgIpc) is 3.45. The van der Waals surface area contributed by atoms with Gasteiger partial charge in [-0.2, -0.15) is 0 Å². The molecule has 2 aliphatic rings. The Kier molecular flexibility index (Phi) is 5.04. The fourth-order valence-electron chi connectivity index (χ4n) is 4.45. The van der Waals surface area contributed by atoms with Crippen LogP contribution < -0.4 is 4.74 Å². The van der Waals surface area contributed by atoms with Crippen LogP contribution in [-0.2, 0) is 22.6 Å². The highest BCUT2D eigenvalue weighted by Gasteiger charge is 2.47. The molecule has 1 N–H and O–H groups in total. The van der Waals surface area contributed by atoms with Gasteiger partial charge in [0.15, 0.2) is 0 Å². The zero-order valence-corrected chi connectivity index (χ0v) is 18.2. The van der Waals surface area contributed by atoms with Crippen LogP contribution in [0.25, 0.3) is 5.76 Å². The molecule has 5 rings (SSSR count). The molecule has 1 aromatic heterocycles. The maximum Gasteiger partial charge on any atom is 0.296 e. The molecule has 1 saturated heterocycles. The monoisotopic (exact) mass is 447 g/mol. The average molecular weight is 447 g/mol. The van der Waals surface area contributed by atoms with Gasteiger partial charge in [-0.05, 0) is 67.4 Å². The smallest absolute Gasteiger partial charge is 0.296 e. The van der Waals surface area contributed by atoms with E-state index in [9.17, 15) is 19.1 Å². The first-order valence-electron chi connectivity index (χ1n) is 10.7. The summed E-state index contributed by atoms with van der Waals surface area (Å²) in [5.74, 6) is -0.481. The van der Waals surface area contributed by atoms with E-state index in [0.717, 1.165) is 11.3 Å². The van der Waals surface area contributed by atoms with E-state index >= 15 is 0 Å². The first kappa shape index (κ1) is 21.0. The summed E-state index contributed by atoms with van der Waals surface area (Å²) in [6.07, 6.45) is 0.723. The number of halogens is 1. The molecule has 1 amide bonds. The van der Waals surface area contributed by atoms with Gasteiger partial charge < -0.3 is 19.2 Å². The number of fused-ring (bicyclic) bond motifs is 1. The van der Waals surface area contributed by atoms with Crippen molar-refractivity contribution in [3.63, 3.8) is 0 Å². The van der Waals surface area contributed by atoms with Gasteiger partial charge in [0, 0.05) is 18.5 Å². The van der Waals surface area contributed by atoms with Crippen LogP contribution in [0.1, 0.15) is 41.2 Å². The van der Waals surface area contributed by atoms with Crippen LogP contribution in [0.2, 0.25) is 0 Å². The van der Waals surface area contributed by atoms with Gasteiger partial charge in [-0.25, -0.2) is 4.39 Å². The molecular formula is C26H22FNO5. The summed E-state index contributed by atoms with van der Waals surface area (Å²) in [4.78, 5) is 27.5. The molecule has 2 unspecified atom stereocenters. The molecule has 33 heavy (non-hydrogen) atoms. The third-order valence-electron chi connectivity index (χ3n) is 6.01. The number of hydrogen-bond donors (Lipinski definition) is 1. The molecule has 0 bridgehead atoms. The number of benzene rings is 2. The van der Waals surface area contributed by atoms with E-state index in [0.29, 0.717) is 29.1 Å². The zero-order valence-electron chi connectivity index (χ0n) is 18.2. The normalized spacial score (nSPS) is 21.4. The van der Waals surface area contributed by atoms with Gasteiger partial charge in [-0.15, -0.1) is 0 Å². The minimum Gasteiger partial charge on any atom is -0.507 e. The number of carbonyl (C=O) groups excluding carboxylic acids is 2. The predicted molar refractivity (Wildman–Crippen MR) is 118 cm³/mol. The Labute approximate surface area is 189 Å². The van der Waals surface area contributed by atoms with Crippen molar-refractivity contribution in [2.24, 2.45) is 0 Å². The van der Waals surface area contributed by atoms with Gasteiger partial charge in [-0.3, -0.25) is 9.59 Å². The molecule has 1 fully saturated rings. The van der Waals surface area contributed by atoms with E-state index in [1.165, 1.54) is 17.0 Å². The molecule has 3 aromatic rings. The number of ether oxygens (including phenoxy) is 1. The third kappa shape index (κ3) is 3.69. The molecule has 0 radical (unpaired) electrons. The SMILES string of the molecule is Cc1ccc(C2/C(=C(/O)c3ccc4c(c3)CC(C)O4)C(=O)C(=O)N2Cc2ccc(F)cc2)o1. The van der Waals surface area contributed by atoms with Gasteiger partial charge in [-0.1, -0.05) is 12.1 Å². The van der Waals surface area contributed by atoms with Crippen molar-refractivity contribution in [1.82, 2.24) is 4.90 Å². The molecule has 0 aliphatic carbocycles. The second-order valence-electron chi connectivity index (χ2n) is 8.46. The van der Waals surface area contributed by atoms with Gasteiger partial charge >= 0.3 is 0 Å². The van der Waals surface area contributed by atoms with Crippen LogP contribution in [0, 0.1) is 12.7 Å². The van der Waals surface area contributed by atoms with Crippen molar-refractivity contribution >= 4 is 17.4 Å². The largest absolute Gasteiger partial charge is 0.507 e. The van der Waals surface area contributed by atoms with Crippen LogP contribution in [0.5, 0.6) is 5.75 Å². The summed E-state index contributed by atoms with van der Waals surface area (Å²) in [5.41, 5.74) is 1.97. The maximum absolute atomic E-state index is 13.4. The Morgan fingerprint density at radius 3 is 2.58 bits per heavy atom. The molecule has 0 saturated carbocycles. The summed E-state index contributed by atoms with van der Waals surface area (Å²) in [7, 11) is 0. The van der Waals surface area contributed by atoms with Crippen LogP contribution in [0.3, 0.4) is 0 Å². The van der Waals surface area contributed by atoms with Crippen LogP contribution >= 0.6 is 0 Å². The molecule has 3 heterocycles. The highest BCUT2D eigenvalue weighted by Crippen LogP contribution is 2.41. The predicted octanol–water partition coefficient (Wildman–Crippen LogP) is 4.67. The number of Topliss-reactive ketones (excluding diaryl/α,β-unsaturated/α-hetero) is 1. The minimum atomic E-state index is -0.910. The Bertz CT molecular complexity index is 1290. The lowest BCUT2D eigenvalue weighted by Gasteiger charge is -2.23. The highest BCUT2D eigenvalue weighted by molar-refractivity contribution is 6.46. The lowest BCUT2D eigenvalue weighted by atomic mass is 9.97. The first-order valence-corrected chi connectivity index (χ1v) is 10.7. The first-order chi connectivity index (χ1) is 15.8. The van der Waals surface area contributed by atoms with Crippen molar-refractivity contribution < 1.29 is 28.2 Å². The summed E-state index contributed by atoms with van der Waals surface area (Å²) < 4.78 is 24.9. The number of rotatable bonds is 4. The van der Waals surface area contributed by atoms with E-state index in [1.54, 1.807) is 49.4 Å². The molecular weight excluding hydrogens is 425 g/mol. The number of nitrogens with zero attached hydrogens (tertiary/aromatic N) is 1. The second-order valence-corrected chi connectivity index (χ2v) is 8.46. The number of ketones is 1. The van der Waals surface area contributed by atoms with Gasteiger partial charge in [0.05, 0.1) is 5.57 Å². The Morgan fingerprint density at radius 1 is 1.12 bits per heavy atom. The Morgan fingerprint density at radius 2 is 1.88 bits per heavy atom. The molecule has 2 atom stereocenters. The van der Waals surface area contributed by atoms with Crippen LogP contribution in [0.4, 0.5) is 4.39 Å². The number of furan rings is 1. The van der Waals surface area contributed by atoms with E-state index in [-0.39, 0.29) is 24.0 Å². The fourth-order valence-corrected chi connectivity index (χ4v) is 4.45. The molecule has 6 nitrogen and oxygen atoms in total. The number of aliphatic hydroxyl groups excluding tert-OH is 1. The second kappa shape index (κ2) is 7.92. The number of amides is 1. The quantitative estimate of drug-likeness (QED) is 0.357. The minimum absolute atomic E-state index is 0.0322. The summed E-state index contributed by atoms with van der Waals surface area (Å²) in [6, 6.07) is 13.4. The van der Waals surface area contributed by atoms with Gasteiger partial charge in [0.2, 0.25) is 0 Å². The maximum atomic E-state index is 13.4. The van der Waals surface area contributed by atoms with E-state index in [1.807, 2.05) is 6.92 Å². The molecule has 2 aromatic carbocycles. The van der Waals surface area contributed by atoms with E-state index in [4.69, 9.17) is 9.15 Å². The molecule has 7 heteroatoms. The van der Waals surface area contributed by atoms with Crippen molar-refractivity contribution in [3.8, 4) is 5.75 Å². The zero-order chi connectivity index (χ0) is 23.3. The van der Waals surface area contributed by atoms with Crippen molar-refractivity contribution in [1.29, 1.82) is 0 Å². The van der Waals surface area contributed by atoms with Crippen molar-refractivity contribution in [2.75, 3.05) is 0 Å². The van der Waals surface area contributed by atoms with Crippen LogP contribution in [0.15, 0.2) is 64.6 Å². The van der Waals surface area contributed by atoms with Crippen LogP contribution in [-0.4, -0.2) is 27.8 Å². The van der Waals surface area contributed by atoms with Gasteiger partial charge in [0.25, 0.3) is 11.7 Å². The Hall–Kier alpha value is -3.87. The summed E-state index contributed by atoms with van der Waals surface area (Å²) >= 11 is 0.